The van der Waals surface area contributed by atoms with Gasteiger partial charge in [0.15, 0.2) is 0 Å². The van der Waals surface area contributed by atoms with E-state index in [1.54, 1.807) is 32.3 Å². The Morgan fingerprint density at radius 1 is 1.29 bits per heavy atom. The molecular weight excluding hydrogens is 414 g/mol. The maximum atomic E-state index is 13.4. The predicted octanol–water partition coefficient (Wildman–Crippen LogP) is 3.24. The van der Waals surface area contributed by atoms with Crippen molar-refractivity contribution in [2.24, 2.45) is 0 Å². The summed E-state index contributed by atoms with van der Waals surface area (Å²) in [6, 6.07) is 7.26. The highest BCUT2D eigenvalue weighted by molar-refractivity contribution is 7.89. The van der Waals surface area contributed by atoms with Crippen molar-refractivity contribution in [2.45, 2.75) is 50.1 Å². The Morgan fingerprint density at radius 3 is 2.61 bits per heavy atom. The smallest absolute Gasteiger partial charge is 0.246 e. The van der Waals surface area contributed by atoms with Gasteiger partial charge in [0.1, 0.15) is 22.3 Å². The number of methoxy groups -OCH3 is 1. The zero-order valence-corrected chi connectivity index (χ0v) is 20.0. The van der Waals surface area contributed by atoms with Crippen LogP contribution in [0.5, 0.6) is 5.75 Å². The average molecular weight is 448 g/mol. The molecule has 0 aliphatic carbocycles. The molecule has 2 heterocycles. The third kappa shape index (κ3) is 4.99. The molecule has 1 atom stereocenters. The van der Waals surface area contributed by atoms with Crippen molar-refractivity contribution in [1.82, 2.24) is 19.2 Å². The van der Waals surface area contributed by atoms with Gasteiger partial charge in [0, 0.05) is 20.2 Å². The summed E-state index contributed by atoms with van der Waals surface area (Å²) in [5.74, 6) is 1.96. The molecule has 1 fully saturated rings. The predicted molar refractivity (Wildman–Crippen MR) is 122 cm³/mol. The quantitative estimate of drug-likeness (QED) is 0.665. The number of anilines is 1. The molecule has 0 amide bonds. The maximum absolute atomic E-state index is 13.4. The van der Waals surface area contributed by atoms with Gasteiger partial charge in [-0.25, -0.2) is 18.4 Å². The minimum atomic E-state index is -3.78. The van der Waals surface area contributed by atoms with E-state index < -0.39 is 10.0 Å². The van der Waals surface area contributed by atoms with Gasteiger partial charge in [-0.15, -0.1) is 0 Å². The van der Waals surface area contributed by atoms with Crippen LogP contribution in [0.1, 0.15) is 55.7 Å². The molecule has 3 rings (SSSR count). The van der Waals surface area contributed by atoms with E-state index in [9.17, 15) is 8.42 Å². The minimum absolute atomic E-state index is 0.137. The molecule has 1 aliphatic heterocycles. The van der Waals surface area contributed by atoms with Gasteiger partial charge < -0.3 is 10.1 Å². The second-order valence-corrected chi connectivity index (χ2v) is 10.3. The van der Waals surface area contributed by atoms with Gasteiger partial charge in [0.25, 0.3) is 0 Å². The largest absolute Gasteiger partial charge is 0.495 e. The number of hydrogen-bond acceptors (Lipinski definition) is 7. The standard InChI is InChI=1S/C22H33N5O3S/c1-15(2)16-9-10-19(30-6)20(12-16)31(28,29)27(5)14-17-13-21(23-3)25-22(24-17)18-8-7-11-26(18)4/h9-10,12-13,15,18H,7-8,11,14H2,1-6H3,(H,23,24,25)/t18-/m1/s1. The van der Waals surface area contributed by atoms with Crippen LogP contribution in [0.15, 0.2) is 29.2 Å². The maximum Gasteiger partial charge on any atom is 0.246 e. The molecule has 1 saturated heterocycles. The van der Waals surface area contributed by atoms with E-state index in [-0.39, 0.29) is 23.4 Å². The number of aromatic nitrogens is 2. The topological polar surface area (TPSA) is 87.7 Å². The van der Waals surface area contributed by atoms with Crippen LogP contribution in [0, 0.1) is 0 Å². The lowest BCUT2D eigenvalue weighted by Gasteiger charge is -2.22. The summed E-state index contributed by atoms with van der Waals surface area (Å²) in [4.78, 5) is 11.7. The van der Waals surface area contributed by atoms with Crippen molar-refractivity contribution in [3.63, 3.8) is 0 Å². The molecule has 1 aliphatic rings. The summed E-state index contributed by atoms with van der Waals surface area (Å²) in [6.45, 7) is 5.21. The van der Waals surface area contributed by atoms with Gasteiger partial charge in [0.05, 0.1) is 25.4 Å². The van der Waals surface area contributed by atoms with Crippen molar-refractivity contribution < 1.29 is 13.2 Å². The van der Waals surface area contributed by atoms with Crippen LogP contribution in [0.3, 0.4) is 0 Å². The van der Waals surface area contributed by atoms with E-state index >= 15 is 0 Å². The molecule has 0 spiro atoms. The number of benzene rings is 1. The van der Waals surface area contributed by atoms with Crippen molar-refractivity contribution in [2.75, 3.05) is 40.1 Å². The number of rotatable bonds is 8. The second kappa shape index (κ2) is 9.50. The molecule has 1 aromatic heterocycles. The Kier molecular flexibility index (Phi) is 7.18. The zero-order valence-electron chi connectivity index (χ0n) is 19.2. The van der Waals surface area contributed by atoms with Crippen LogP contribution >= 0.6 is 0 Å². The van der Waals surface area contributed by atoms with Crippen LogP contribution in [0.4, 0.5) is 5.82 Å². The molecule has 2 aromatic rings. The van der Waals surface area contributed by atoms with Gasteiger partial charge in [-0.1, -0.05) is 19.9 Å². The molecule has 170 valence electrons. The summed E-state index contributed by atoms with van der Waals surface area (Å²) in [6.07, 6.45) is 2.10. The lowest BCUT2D eigenvalue weighted by Crippen LogP contribution is -2.28. The fourth-order valence-electron chi connectivity index (χ4n) is 3.85. The summed E-state index contributed by atoms with van der Waals surface area (Å²) < 4.78 is 33.5. The number of nitrogens with one attached hydrogen (secondary N) is 1. The molecular formula is C22H33N5O3S. The SMILES string of the molecule is CNc1cc(CN(C)S(=O)(=O)c2cc(C(C)C)ccc2OC)nc([C@H]2CCCN2C)n1. The molecule has 1 N–H and O–H groups in total. The van der Waals surface area contributed by atoms with Gasteiger partial charge in [-0.3, -0.25) is 4.90 Å². The average Bonchev–Trinajstić information content (AvgIpc) is 3.18. The first kappa shape index (κ1) is 23.4. The van der Waals surface area contributed by atoms with Crippen LogP contribution in [-0.4, -0.2) is 62.4 Å². The second-order valence-electron chi connectivity index (χ2n) is 8.32. The van der Waals surface area contributed by atoms with E-state index in [1.165, 1.54) is 11.4 Å². The van der Waals surface area contributed by atoms with E-state index in [2.05, 4.69) is 22.2 Å². The molecule has 0 unspecified atom stereocenters. The summed E-state index contributed by atoms with van der Waals surface area (Å²) in [7, 11) is 3.14. The third-order valence-corrected chi connectivity index (χ3v) is 7.62. The zero-order chi connectivity index (χ0) is 22.8. The Labute approximate surface area is 185 Å². The third-order valence-electron chi connectivity index (χ3n) is 5.80. The highest BCUT2D eigenvalue weighted by Gasteiger charge is 2.28. The molecule has 8 nitrogen and oxygen atoms in total. The summed E-state index contributed by atoms with van der Waals surface area (Å²) in [5, 5.41) is 3.07. The monoisotopic (exact) mass is 447 g/mol. The van der Waals surface area contributed by atoms with Crippen molar-refractivity contribution in [1.29, 1.82) is 0 Å². The van der Waals surface area contributed by atoms with E-state index in [1.807, 2.05) is 19.9 Å². The Hall–Kier alpha value is -2.23. The van der Waals surface area contributed by atoms with Crippen LogP contribution in [-0.2, 0) is 16.6 Å². The lowest BCUT2D eigenvalue weighted by molar-refractivity contribution is 0.305. The van der Waals surface area contributed by atoms with E-state index in [4.69, 9.17) is 9.72 Å². The van der Waals surface area contributed by atoms with Gasteiger partial charge in [0.2, 0.25) is 10.0 Å². The number of sulfonamides is 1. The van der Waals surface area contributed by atoms with Gasteiger partial charge in [-0.2, -0.15) is 4.31 Å². The highest BCUT2D eigenvalue weighted by Crippen LogP contribution is 2.31. The minimum Gasteiger partial charge on any atom is -0.495 e. The van der Waals surface area contributed by atoms with Gasteiger partial charge >= 0.3 is 0 Å². The molecule has 0 radical (unpaired) electrons. The molecule has 31 heavy (non-hydrogen) atoms. The summed E-state index contributed by atoms with van der Waals surface area (Å²) >= 11 is 0. The number of ether oxygens (including phenoxy) is 1. The molecule has 0 saturated carbocycles. The fraction of sp³-hybridized carbons (Fsp3) is 0.545. The normalized spacial score (nSPS) is 17.5. The van der Waals surface area contributed by atoms with Gasteiger partial charge in [-0.05, 0) is 50.0 Å². The Morgan fingerprint density at radius 2 is 2.03 bits per heavy atom. The Bertz CT molecular complexity index is 1030. The van der Waals surface area contributed by atoms with E-state index in [0.29, 0.717) is 17.3 Å². The lowest BCUT2D eigenvalue weighted by atomic mass is 10.0. The van der Waals surface area contributed by atoms with Crippen LogP contribution < -0.4 is 10.1 Å². The fourth-order valence-corrected chi connectivity index (χ4v) is 5.18. The van der Waals surface area contributed by atoms with Crippen molar-refractivity contribution in [3.8, 4) is 5.75 Å². The first-order valence-electron chi connectivity index (χ1n) is 10.6. The van der Waals surface area contributed by atoms with E-state index in [0.717, 1.165) is 30.8 Å². The van der Waals surface area contributed by atoms with Crippen LogP contribution in [0.2, 0.25) is 0 Å². The van der Waals surface area contributed by atoms with Crippen molar-refractivity contribution in [3.05, 3.63) is 41.3 Å². The molecule has 1 aromatic carbocycles. The Balaban J connectivity index is 1.93. The summed E-state index contributed by atoms with van der Waals surface area (Å²) in [5.41, 5.74) is 1.60. The highest BCUT2D eigenvalue weighted by atomic mass is 32.2. The first-order chi connectivity index (χ1) is 14.7. The van der Waals surface area contributed by atoms with Crippen LogP contribution in [0.25, 0.3) is 0 Å². The number of hydrogen-bond donors (Lipinski definition) is 1. The number of nitrogens with zero attached hydrogens (tertiary/aromatic N) is 4. The molecule has 9 heteroatoms. The van der Waals surface area contributed by atoms with Crippen molar-refractivity contribution >= 4 is 15.8 Å². The molecule has 0 bridgehead atoms. The first-order valence-corrected chi connectivity index (χ1v) is 12.0. The number of likely N-dealkylation sites (tertiary alicyclic amines) is 1.